The van der Waals surface area contributed by atoms with Crippen LogP contribution >= 0.6 is 0 Å². The van der Waals surface area contributed by atoms with E-state index in [1.165, 1.54) is 4.90 Å². The Morgan fingerprint density at radius 2 is 1.87 bits per heavy atom. The summed E-state index contributed by atoms with van der Waals surface area (Å²) in [5, 5.41) is 11.5. The second-order valence-electron chi connectivity index (χ2n) is 9.61. The third kappa shape index (κ3) is 5.12. The molecule has 0 radical (unpaired) electrons. The van der Waals surface area contributed by atoms with Gasteiger partial charge in [-0.3, -0.25) is 9.59 Å². The van der Waals surface area contributed by atoms with Gasteiger partial charge in [0.2, 0.25) is 0 Å². The highest BCUT2D eigenvalue weighted by Crippen LogP contribution is 2.43. The number of nitrogens with zero attached hydrogens (tertiary/aromatic N) is 1. The lowest BCUT2D eigenvalue weighted by atomic mass is 9.94. The Morgan fingerprint density at radius 3 is 2.62 bits per heavy atom. The smallest absolute Gasteiger partial charge is 0.295 e. The van der Waals surface area contributed by atoms with E-state index in [-0.39, 0.29) is 24.0 Å². The molecule has 7 heteroatoms. The number of benzene rings is 3. The van der Waals surface area contributed by atoms with Crippen molar-refractivity contribution in [2.45, 2.75) is 39.0 Å². The second-order valence-corrected chi connectivity index (χ2v) is 9.61. The lowest BCUT2D eigenvalue weighted by molar-refractivity contribution is -0.140. The molecular formula is C32H31NO6. The van der Waals surface area contributed by atoms with Crippen LogP contribution < -0.4 is 14.2 Å². The molecule has 39 heavy (non-hydrogen) atoms. The minimum atomic E-state index is -0.832. The molecule has 2 aliphatic heterocycles. The molecule has 1 N–H and O–H groups in total. The fraction of sp³-hybridized carbons (Fsp3) is 0.250. The monoisotopic (exact) mass is 525 g/mol. The van der Waals surface area contributed by atoms with Crippen molar-refractivity contribution >= 4 is 17.4 Å². The molecule has 5 rings (SSSR count). The summed E-state index contributed by atoms with van der Waals surface area (Å²) in [6.07, 6.45) is 2.38. The van der Waals surface area contributed by atoms with Gasteiger partial charge < -0.3 is 24.2 Å². The number of ketones is 1. The molecule has 3 aromatic rings. The molecule has 0 spiro atoms. The number of fused-ring (bicyclic) bond motifs is 1. The molecule has 2 aliphatic rings. The van der Waals surface area contributed by atoms with Crippen molar-refractivity contribution < 1.29 is 28.9 Å². The highest BCUT2D eigenvalue weighted by molar-refractivity contribution is 6.46. The fourth-order valence-corrected chi connectivity index (χ4v) is 5.13. The molecule has 1 amide bonds. The summed E-state index contributed by atoms with van der Waals surface area (Å²) >= 11 is 0. The predicted molar refractivity (Wildman–Crippen MR) is 148 cm³/mol. The largest absolute Gasteiger partial charge is 0.507 e. The number of likely N-dealkylation sites (tertiary alicyclic amines) is 1. The van der Waals surface area contributed by atoms with E-state index in [9.17, 15) is 14.7 Å². The Bertz CT molecular complexity index is 1440. The van der Waals surface area contributed by atoms with Gasteiger partial charge in [-0.25, -0.2) is 0 Å². The summed E-state index contributed by atoms with van der Waals surface area (Å²) in [6, 6.07) is 19.3. The van der Waals surface area contributed by atoms with Crippen molar-refractivity contribution in [2.24, 2.45) is 0 Å². The van der Waals surface area contributed by atoms with E-state index in [0.717, 1.165) is 16.9 Å². The number of rotatable bonds is 9. The van der Waals surface area contributed by atoms with E-state index in [0.29, 0.717) is 42.3 Å². The Morgan fingerprint density at radius 1 is 1.08 bits per heavy atom. The van der Waals surface area contributed by atoms with Crippen LogP contribution in [0.25, 0.3) is 5.76 Å². The Balaban J connectivity index is 1.64. The summed E-state index contributed by atoms with van der Waals surface area (Å²) in [7, 11) is 0. The van der Waals surface area contributed by atoms with Gasteiger partial charge in [-0.2, -0.15) is 0 Å². The number of carbonyl (C=O) groups excluding carboxylic acids is 2. The molecule has 1 fully saturated rings. The molecule has 0 bridgehead atoms. The molecule has 200 valence electrons. The van der Waals surface area contributed by atoms with Crippen LogP contribution in [0.3, 0.4) is 0 Å². The van der Waals surface area contributed by atoms with Crippen molar-refractivity contribution in [3.8, 4) is 17.2 Å². The molecule has 0 saturated carbocycles. The number of hydrogen-bond donors (Lipinski definition) is 1. The van der Waals surface area contributed by atoms with Crippen LogP contribution in [0, 0.1) is 0 Å². The van der Waals surface area contributed by atoms with E-state index >= 15 is 0 Å². The van der Waals surface area contributed by atoms with Gasteiger partial charge in [0.1, 0.15) is 24.2 Å². The van der Waals surface area contributed by atoms with Gasteiger partial charge in [0.05, 0.1) is 18.2 Å². The summed E-state index contributed by atoms with van der Waals surface area (Å²) in [4.78, 5) is 28.4. The lowest BCUT2D eigenvalue weighted by Crippen LogP contribution is -2.29. The van der Waals surface area contributed by atoms with E-state index < -0.39 is 17.7 Å². The molecule has 2 heterocycles. The maximum atomic E-state index is 13.5. The third-order valence-electron chi connectivity index (χ3n) is 6.85. The first kappa shape index (κ1) is 26.1. The van der Waals surface area contributed by atoms with Crippen molar-refractivity contribution in [1.29, 1.82) is 0 Å². The van der Waals surface area contributed by atoms with Crippen molar-refractivity contribution in [3.63, 3.8) is 0 Å². The Labute approximate surface area is 227 Å². The van der Waals surface area contributed by atoms with Gasteiger partial charge in [0, 0.05) is 18.5 Å². The molecule has 2 atom stereocenters. The summed E-state index contributed by atoms with van der Waals surface area (Å²) in [6.45, 7) is 8.43. The topological polar surface area (TPSA) is 85.3 Å². The zero-order valence-corrected chi connectivity index (χ0v) is 22.1. The van der Waals surface area contributed by atoms with Crippen LogP contribution in [0.1, 0.15) is 42.1 Å². The minimum absolute atomic E-state index is 0.0325. The average Bonchev–Trinajstić information content (AvgIpc) is 3.43. The molecule has 0 aliphatic carbocycles. The fourth-order valence-electron chi connectivity index (χ4n) is 5.13. The number of carbonyl (C=O) groups is 2. The van der Waals surface area contributed by atoms with Crippen molar-refractivity contribution in [1.82, 2.24) is 4.90 Å². The molecule has 7 nitrogen and oxygen atoms in total. The average molecular weight is 526 g/mol. The number of amides is 1. The first-order valence-corrected chi connectivity index (χ1v) is 13.0. The van der Waals surface area contributed by atoms with Crippen LogP contribution in [0.2, 0.25) is 0 Å². The van der Waals surface area contributed by atoms with Crippen LogP contribution in [-0.4, -0.2) is 41.0 Å². The maximum absolute atomic E-state index is 13.5. The molecule has 0 unspecified atom stereocenters. The highest BCUT2D eigenvalue weighted by atomic mass is 16.5. The third-order valence-corrected chi connectivity index (χ3v) is 6.85. The second kappa shape index (κ2) is 11.1. The van der Waals surface area contributed by atoms with Crippen LogP contribution in [0.4, 0.5) is 0 Å². The van der Waals surface area contributed by atoms with Gasteiger partial charge in [0.25, 0.3) is 11.7 Å². The van der Waals surface area contributed by atoms with Gasteiger partial charge in [-0.1, -0.05) is 49.1 Å². The van der Waals surface area contributed by atoms with Gasteiger partial charge in [-0.15, -0.1) is 0 Å². The highest BCUT2D eigenvalue weighted by Gasteiger charge is 2.46. The molecular weight excluding hydrogens is 494 g/mol. The quantitative estimate of drug-likeness (QED) is 0.170. The van der Waals surface area contributed by atoms with Crippen LogP contribution in [0.5, 0.6) is 17.2 Å². The zero-order valence-electron chi connectivity index (χ0n) is 22.1. The summed E-state index contributed by atoms with van der Waals surface area (Å²) in [5.74, 6) is 0.133. The van der Waals surface area contributed by atoms with Crippen molar-refractivity contribution in [2.75, 3.05) is 13.2 Å². The summed E-state index contributed by atoms with van der Waals surface area (Å²) in [5.41, 5.74) is 2.93. The number of Topliss-reactive ketones (excluding diaryl/α,β-unsaturated/α-hetero) is 1. The number of ether oxygens (including phenoxy) is 3. The van der Waals surface area contributed by atoms with E-state index in [4.69, 9.17) is 14.2 Å². The van der Waals surface area contributed by atoms with E-state index in [1.54, 1.807) is 36.4 Å². The first-order valence-electron chi connectivity index (χ1n) is 13.0. The van der Waals surface area contributed by atoms with Gasteiger partial charge >= 0.3 is 0 Å². The minimum Gasteiger partial charge on any atom is -0.507 e. The van der Waals surface area contributed by atoms with E-state index in [1.807, 2.05) is 50.2 Å². The van der Waals surface area contributed by atoms with Crippen LogP contribution in [-0.2, 0) is 22.6 Å². The maximum Gasteiger partial charge on any atom is 0.295 e. The first-order chi connectivity index (χ1) is 18.9. The van der Waals surface area contributed by atoms with Gasteiger partial charge in [0.15, 0.2) is 11.5 Å². The zero-order chi connectivity index (χ0) is 27.5. The number of aliphatic hydroxyl groups is 1. The standard InChI is InChI=1S/C32H31NO6/c1-4-15-38-26-14-11-22(18-27(26)37-5-2)29-28(30(34)23-12-13-25-24(17-23)16-20(3)39-25)31(35)32(36)33(29)19-21-9-7-6-8-10-21/h4,6-14,17-18,20,29,34H,1,5,15-16,19H2,2-3H3/t20-,29+/m1/s1. The van der Waals surface area contributed by atoms with E-state index in [2.05, 4.69) is 6.58 Å². The lowest BCUT2D eigenvalue weighted by Gasteiger charge is -2.26. The number of hydrogen-bond acceptors (Lipinski definition) is 6. The SMILES string of the molecule is C=CCOc1ccc([C@H]2C(=C(O)c3ccc4c(c3)C[C@@H](C)O4)C(=O)C(=O)N2Cc2ccccc2)cc1OCC. The van der Waals surface area contributed by atoms with Crippen molar-refractivity contribution in [3.05, 3.63) is 107 Å². The normalized spacial score (nSPS) is 19.5. The van der Waals surface area contributed by atoms with Gasteiger partial charge in [-0.05, 0) is 60.9 Å². The van der Waals surface area contributed by atoms with Crippen LogP contribution in [0.15, 0.2) is 85.0 Å². The Hall–Kier alpha value is -4.52. The number of aliphatic hydroxyl groups excluding tert-OH is 1. The molecule has 0 aromatic heterocycles. The molecule has 3 aromatic carbocycles. The predicted octanol–water partition coefficient (Wildman–Crippen LogP) is 5.60. The summed E-state index contributed by atoms with van der Waals surface area (Å²) < 4.78 is 17.4. The molecule has 1 saturated heterocycles. The Kier molecular flexibility index (Phi) is 7.41.